The van der Waals surface area contributed by atoms with Crippen LogP contribution in [0.3, 0.4) is 0 Å². The predicted molar refractivity (Wildman–Crippen MR) is 115 cm³/mol. The Morgan fingerprint density at radius 1 is 0.968 bits per heavy atom. The van der Waals surface area contributed by atoms with Gasteiger partial charge in [-0.3, -0.25) is 0 Å². The molecule has 1 aliphatic heterocycles. The number of aryl methyl sites for hydroxylation is 1. The Morgan fingerprint density at radius 2 is 1.65 bits per heavy atom. The molecule has 1 unspecified atom stereocenters. The van der Waals surface area contributed by atoms with E-state index in [0.29, 0.717) is 18.7 Å². The molecule has 1 atom stereocenters. The number of nitrogens with two attached hydrogens (primary N) is 2. The van der Waals surface area contributed by atoms with Gasteiger partial charge in [0.1, 0.15) is 5.75 Å². The number of rotatable bonds is 8. The maximum atomic E-state index is 12.8. The van der Waals surface area contributed by atoms with Gasteiger partial charge in [0.15, 0.2) is 6.17 Å². The first kappa shape index (κ1) is 22.5. The smallest absolute Gasteiger partial charge is 0.416 e. The number of halogens is 3. The Hall–Kier alpha value is -3.23. The molecule has 0 saturated heterocycles. The van der Waals surface area contributed by atoms with E-state index in [1.54, 1.807) is 4.90 Å². The van der Waals surface area contributed by atoms with E-state index in [1.807, 2.05) is 31.2 Å². The zero-order valence-electron chi connectivity index (χ0n) is 17.3. The first-order valence-corrected chi connectivity index (χ1v) is 10.0. The minimum absolute atomic E-state index is 0.00476. The summed E-state index contributed by atoms with van der Waals surface area (Å²) in [6.07, 6.45) is -2.47. The average molecular weight is 433 g/mol. The molecule has 0 saturated carbocycles. The molecule has 9 heteroatoms. The highest BCUT2D eigenvalue weighted by Gasteiger charge is 2.31. The molecule has 0 spiro atoms. The highest BCUT2D eigenvalue weighted by Crippen LogP contribution is 2.32. The number of nitrogens with zero attached hydrogens (tertiary/aromatic N) is 3. The third kappa shape index (κ3) is 6.13. The van der Waals surface area contributed by atoms with Crippen molar-refractivity contribution in [2.45, 2.75) is 38.5 Å². The Kier molecular flexibility index (Phi) is 7.04. The average Bonchev–Trinajstić information content (AvgIpc) is 2.72. The maximum absolute atomic E-state index is 12.8. The lowest BCUT2D eigenvalue weighted by atomic mass is 10.1. The van der Waals surface area contributed by atoms with Crippen molar-refractivity contribution in [2.24, 2.45) is 21.5 Å². The van der Waals surface area contributed by atoms with Crippen LogP contribution in [0.4, 0.5) is 13.2 Å². The van der Waals surface area contributed by atoms with E-state index in [2.05, 4.69) is 9.98 Å². The molecule has 0 aliphatic carbocycles. The molecule has 1 aliphatic rings. The van der Waals surface area contributed by atoms with Crippen LogP contribution in [-0.4, -0.2) is 30.0 Å². The first-order chi connectivity index (χ1) is 14.7. The van der Waals surface area contributed by atoms with Crippen LogP contribution in [0.1, 0.15) is 42.1 Å². The third-order valence-electron chi connectivity index (χ3n) is 4.94. The highest BCUT2D eigenvalue weighted by molar-refractivity contribution is 5.95. The third-order valence-corrected chi connectivity index (χ3v) is 4.94. The second kappa shape index (κ2) is 9.72. The summed E-state index contributed by atoms with van der Waals surface area (Å²) >= 11 is 0. The van der Waals surface area contributed by atoms with E-state index in [9.17, 15) is 13.2 Å². The van der Waals surface area contributed by atoms with Crippen molar-refractivity contribution < 1.29 is 17.9 Å². The summed E-state index contributed by atoms with van der Waals surface area (Å²) in [5.41, 5.74) is 12.8. The molecule has 0 bridgehead atoms. The molecule has 1 heterocycles. The summed E-state index contributed by atoms with van der Waals surface area (Å²) in [5, 5.41) is 0. The quantitative estimate of drug-likeness (QED) is 0.611. The van der Waals surface area contributed by atoms with Gasteiger partial charge in [-0.1, -0.05) is 29.8 Å². The van der Waals surface area contributed by atoms with E-state index in [-0.39, 0.29) is 11.9 Å². The summed E-state index contributed by atoms with van der Waals surface area (Å²) < 4.78 is 44.3. The largest absolute Gasteiger partial charge is 0.494 e. The van der Waals surface area contributed by atoms with Crippen LogP contribution in [0.15, 0.2) is 58.5 Å². The molecule has 3 rings (SSSR count). The number of alkyl halides is 3. The van der Waals surface area contributed by atoms with Gasteiger partial charge in [-0.25, -0.2) is 4.99 Å². The fourth-order valence-corrected chi connectivity index (χ4v) is 3.25. The van der Waals surface area contributed by atoms with Crippen molar-refractivity contribution in [3.05, 3.63) is 65.2 Å². The molecule has 6 nitrogen and oxygen atoms in total. The van der Waals surface area contributed by atoms with Gasteiger partial charge in [0, 0.05) is 6.54 Å². The number of hydrogen-bond donors (Lipinski definition) is 2. The molecule has 0 aromatic heterocycles. The van der Waals surface area contributed by atoms with Crippen LogP contribution >= 0.6 is 0 Å². The molecule has 2 aromatic carbocycles. The van der Waals surface area contributed by atoms with Gasteiger partial charge in [-0.15, -0.1) is 0 Å². The lowest BCUT2D eigenvalue weighted by molar-refractivity contribution is -0.137. The predicted octanol–water partition coefficient (Wildman–Crippen LogP) is 4.21. The maximum Gasteiger partial charge on any atom is 0.416 e. The fraction of sp³-hybridized carbons (Fsp3) is 0.364. The van der Waals surface area contributed by atoms with Gasteiger partial charge in [0.25, 0.3) is 0 Å². The van der Waals surface area contributed by atoms with Crippen molar-refractivity contribution >= 4 is 11.9 Å². The second-order valence-corrected chi connectivity index (χ2v) is 7.37. The van der Waals surface area contributed by atoms with Crippen LogP contribution in [-0.2, 0) is 6.18 Å². The van der Waals surface area contributed by atoms with Crippen molar-refractivity contribution in [2.75, 3.05) is 13.2 Å². The van der Waals surface area contributed by atoms with Crippen molar-refractivity contribution in [3.8, 4) is 5.75 Å². The van der Waals surface area contributed by atoms with Crippen molar-refractivity contribution in [1.82, 2.24) is 4.90 Å². The molecular formula is C22H26F3N5O. The molecule has 0 fully saturated rings. The molecule has 0 amide bonds. The molecule has 2 aromatic rings. The van der Waals surface area contributed by atoms with Gasteiger partial charge in [0.2, 0.25) is 11.9 Å². The standard InChI is InChI=1S/C22H26F3N5O/c1-15-5-11-18(12-6-15)31-14-4-2-3-13-30-19(28-20(26)29-21(30)27)16-7-9-17(10-8-16)22(23,24)25/h5-12,19H,2-4,13-14H2,1H3,(H4,26,27,28,29). The van der Waals surface area contributed by atoms with E-state index in [0.717, 1.165) is 37.1 Å². The topological polar surface area (TPSA) is 89.2 Å². The number of hydrogen-bond acceptors (Lipinski definition) is 6. The summed E-state index contributed by atoms with van der Waals surface area (Å²) in [5.74, 6) is 1.05. The lowest BCUT2D eigenvalue weighted by Gasteiger charge is -2.33. The monoisotopic (exact) mass is 433 g/mol. The van der Waals surface area contributed by atoms with Gasteiger partial charge in [-0.05, 0) is 56.0 Å². The minimum atomic E-state index is -4.39. The van der Waals surface area contributed by atoms with E-state index in [4.69, 9.17) is 16.2 Å². The van der Waals surface area contributed by atoms with E-state index < -0.39 is 17.9 Å². The zero-order valence-corrected chi connectivity index (χ0v) is 17.3. The lowest BCUT2D eigenvalue weighted by Crippen LogP contribution is -2.44. The molecule has 31 heavy (non-hydrogen) atoms. The van der Waals surface area contributed by atoms with Crippen molar-refractivity contribution in [1.29, 1.82) is 0 Å². The molecule has 4 N–H and O–H groups in total. The van der Waals surface area contributed by atoms with Gasteiger partial charge >= 0.3 is 6.18 Å². The Bertz CT molecular complexity index is 924. The molecule has 0 radical (unpaired) electrons. The Labute approximate surface area is 179 Å². The van der Waals surface area contributed by atoms with Crippen LogP contribution < -0.4 is 16.2 Å². The SMILES string of the molecule is Cc1ccc(OCCCCCN2C(N)=NC(N)=NC2c2ccc(C(F)(F)F)cc2)cc1. The van der Waals surface area contributed by atoms with Gasteiger partial charge < -0.3 is 21.1 Å². The van der Waals surface area contributed by atoms with E-state index >= 15 is 0 Å². The number of guanidine groups is 2. The van der Waals surface area contributed by atoms with Crippen LogP contribution in [0.5, 0.6) is 5.75 Å². The normalized spacial score (nSPS) is 16.6. The summed E-state index contributed by atoms with van der Waals surface area (Å²) in [6, 6.07) is 12.7. The molecular weight excluding hydrogens is 407 g/mol. The van der Waals surface area contributed by atoms with E-state index in [1.165, 1.54) is 17.7 Å². The fourth-order valence-electron chi connectivity index (χ4n) is 3.25. The molecule has 166 valence electrons. The zero-order chi connectivity index (χ0) is 22.4. The first-order valence-electron chi connectivity index (χ1n) is 10.0. The Morgan fingerprint density at radius 3 is 2.29 bits per heavy atom. The number of benzene rings is 2. The summed E-state index contributed by atoms with van der Waals surface area (Å²) in [4.78, 5) is 10.0. The summed E-state index contributed by atoms with van der Waals surface area (Å²) in [7, 11) is 0. The number of unbranched alkanes of at least 4 members (excludes halogenated alkanes) is 2. The van der Waals surface area contributed by atoms with Crippen molar-refractivity contribution in [3.63, 3.8) is 0 Å². The van der Waals surface area contributed by atoms with Crippen LogP contribution in [0, 0.1) is 6.92 Å². The number of aliphatic imine (C=N–C) groups is 2. The van der Waals surface area contributed by atoms with Gasteiger partial charge in [0.05, 0.1) is 12.2 Å². The minimum Gasteiger partial charge on any atom is -0.494 e. The second-order valence-electron chi connectivity index (χ2n) is 7.37. The summed E-state index contributed by atoms with van der Waals surface area (Å²) in [6.45, 7) is 3.16. The number of ether oxygens (including phenoxy) is 1. The van der Waals surface area contributed by atoms with Crippen LogP contribution in [0.25, 0.3) is 0 Å². The highest BCUT2D eigenvalue weighted by atomic mass is 19.4. The Balaban J connectivity index is 1.54. The van der Waals surface area contributed by atoms with Crippen LogP contribution in [0.2, 0.25) is 0 Å². The van der Waals surface area contributed by atoms with Gasteiger partial charge in [-0.2, -0.15) is 18.2 Å².